The minimum atomic E-state index is -0.750. The first-order chi connectivity index (χ1) is 21.3. The SMILES string of the molecule is C/C=C/C.CC(C)(C)[O-].CC(C)(C)[O-].CC/C=C\CC.CC=O.CCC=O.CCCC.CCCC.CCCCC.CCCCCC.[K+].[K+]. The van der Waals surface area contributed by atoms with E-state index in [0.717, 1.165) is 12.6 Å². The van der Waals surface area contributed by atoms with Crippen LogP contribution < -0.4 is 113 Å². The summed E-state index contributed by atoms with van der Waals surface area (Å²) in [5.41, 5.74) is -1.50. The Morgan fingerprint density at radius 3 is 0.625 bits per heavy atom. The predicted octanol–water partition coefficient (Wildman–Crippen LogP) is 7.44. The van der Waals surface area contributed by atoms with Gasteiger partial charge < -0.3 is 19.8 Å². The first-order valence-corrected chi connectivity index (χ1v) is 18.8. The minimum absolute atomic E-state index is 0. The number of carbonyl (C=O) groups is 2. The van der Waals surface area contributed by atoms with Crippen molar-refractivity contribution in [2.24, 2.45) is 0 Å². The number of allylic oxidation sites excluding steroid dienone is 4. The van der Waals surface area contributed by atoms with Crippen molar-refractivity contribution in [2.75, 3.05) is 0 Å². The normalized spacial score (nSPS) is 8.62. The maximum Gasteiger partial charge on any atom is 1.00 e. The van der Waals surface area contributed by atoms with Crippen molar-refractivity contribution in [1.29, 1.82) is 0 Å². The van der Waals surface area contributed by atoms with Crippen molar-refractivity contribution in [3.63, 3.8) is 0 Å². The van der Waals surface area contributed by atoms with Crippen LogP contribution in [0.2, 0.25) is 0 Å². The molecule has 0 heterocycles. The molecule has 4 nitrogen and oxygen atoms in total. The van der Waals surface area contributed by atoms with Gasteiger partial charge in [-0.1, -0.05) is 213 Å². The van der Waals surface area contributed by atoms with Crippen molar-refractivity contribution in [1.82, 2.24) is 0 Å². The van der Waals surface area contributed by atoms with Crippen LogP contribution in [0.3, 0.4) is 0 Å². The minimum Gasteiger partial charge on any atom is -0.850 e. The Bertz CT molecular complexity index is 406. The predicted molar refractivity (Wildman–Crippen MR) is 214 cm³/mol. The van der Waals surface area contributed by atoms with Gasteiger partial charge in [-0.25, -0.2) is 0 Å². The zero-order valence-electron chi connectivity index (χ0n) is 38.0. The zero-order chi connectivity index (χ0) is 39.1. The molecule has 0 saturated carbocycles. The molecule has 0 amide bonds. The van der Waals surface area contributed by atoms with Crippen LogP contribution >= 0.6 is 0 Å². The number of hydrogen-bond donors (Lipinski definition) is 0. The molecule has 0 aromatic carbocycles. The van der Waals surface area contributed by atoms with Crippen molar-refractivity contribution >= 4 is 12.6 Å². The van der Waals surface area contributed by atoms with Crippen LogP contribution in [0.1, 0.15) is 228 Å². The van der Waals surface area contributed by atoms with Crippen molar-refractivity contribution in [2.45, 2.75) is 240 Å². The van der Waals surface area contributed by atoms with E-state index in [-0.39, 0.29) is 103 Å². The molecule has 0 rings (SSSR count). The molecular formula is C42H94K2O4. The molecule has 288 valence electrons. The van der Waals surface area contributed by atoms with Gasteiger partial charge in [-0.15, -0.1) is 11.2 Å². The van der Waals surface area contributed by atoms with E-state index in [1.807, 2.05) is 32.9 Å². The molecule has 0 aliphatic rings. The third-order valence-electron chi connectivity index (χ3n) is 3.80. The van der Waals surface area contributed by atoms with E-state index in [9.17, 15) is 15.0 Å². The third-order valence-corrected chi connectivity index (χ3v) is 3.80. The topological polar surface area (TPSA) is 80.3 Å². The fourth-order valence-electron chi connectivity index (χ4n) is 1.19. The molecule has 0 saturated heterocycles. The van der Waals surface area contributed by atoms with Crippen LogP contribution in [0.25, 0.3) is 0 Å². The Kier molecular flexibility index (Phi) is 169. The first-order valence-electron chi connectivity index (χ1n) is 18.8. The maximum absolute atomic E-state index is 10.1. The van der Waals surface area contributed by atoms with E-state index in [1.165, 1.54) is 90.4 Å². The summed E-state index contributed by atoms with van der Waals surface area (Å²) in [5, 5.41) is 20.2. The average molecular weight is 741 g/mol. The number of carbonyl (C=O) groups excluding carboxylic acids is 2. The molecule has 0 N–H and O–H groups in total. The van der Waals surface area contributed by atoms with E-state index in [2.05, 4.69) is 81.4 Å². The van der Waals surface area contributed by atoms with Crippen LogP contribution in [-0.4, -0.2) is 23.8 Å². The molecule has 0 aliphatic carbocycles. The standard InChI is InChI=1S/C6H14.C6H12.C5H12.2C4H9O.2C4H10.C4H8.C3H6O.C2H4O.2K/c2*1-3-5-6-4-2;1-3-5-4-2;2*1-4(2,3)5;3*1-3-4-2;1-2-3-4;1-2-3;;/h3-6H2,1-2H3;5-6H,3-4H2,1-2H3;3-5H2,1-2H3;2*1-3H3;2*3-4H2,1-2H3;3-4H,1-2H3;3H,2H2,1H3;2H,1H3;;/q;;;2*-1;;;;;;2*+1/b;6-5-;;;;;;4-3+;;;;. The Hall–Kier alpha value is 2.01. The Labute approximate surface area is 393 Å². The van der Waals surface area contributed by atoms with Crippen LogP contribution in [-0.2, 0) is 9.59 Å². The number of rotatable bonds is 10. The summed E-state index contributed by atoms with van der Waals surface area (Å²) in [6.07, 6.45) is 27.9. The summed E-state index contributed by atoms with van der Waals surface area (Å²) in [5.74, 6) is 0. The van der Waals surface area contributed by atoms with E-state index < -0.39 is 11.2 Å². The number of unbranched alkanes of at least 4 members (excludes halogenated alkanes) is 7. The molecule has 0 aromatic heterocycles. The molecule has 0 radical (unpaired) electrons. The fraction of sp³-hybridized carbons (Fsp3) is 0.857. The first kappa shape index (κ1) is 83.1. The van der Waals surface area contributed by atoms with Gasteiger partial charge >= 0.3 is 103 Å². The summed E-state index contributed by atoms with van der Waals surface area (Å²) in [6, 6.07) is 0. The molecule has 0 spiro atoms. The van der Waals surface area contributed by atoms with Gasteiger partial charge in [0.15, 0.2) is 0 Å². The van der Waals surface area contributed by atoms with Gasteiger partial charge in [0, 0.05) is 6.42 Å². The molecule has 0 atom stereocenters. The second-order valence-electron chi connectivity index (χ2n) is 12.1. The van der Waals surface area contributed by atoms with E-state index >= 15 is 0 Å². The molecule has 0 bridgehead atoms. The van der Waals surface area contributed by atoms with Gasteiger partial charge in [-0.2, -0.15) is 0 Å². The number of aldehydes is 2. The molecule has 0 aromatic rings. The molecule has 0 fully saturated rings. The molecule has 6 heteroatoms. The largest absolute Gasteiger partial charge is 1.00 e. The quantitative estimate of drug-likeness (QED) is 0.101. The van der Waals surface area contributed by atoms with E-state index in [1.54, 1.807) is 41.5 Å². The fourth-order valence-corrected chi connectivity index (χ4v) is 1.19. The van der Waals surface area contributed by atoms with E-state index in [0.29, 0.717) is 6.42 Å². The summed E-state index contributed by atoms with van der Waals surface area (Å²) in [4.78, 5) is 18.0. The maximum atomic E-state index is 10.1. The zero-order valence-corrected chi connectivity index (χ0v) is 44.2. The van der Waals surface area contributed by atoms with Crippen LogP contribution in [0.4, 0.5) is 0 Å². The molecule has 0 unspecified atom stereocenters. The van der Waals surface area contributed by atoms with Gasteiger partial charge in [0.25, 0.3) is 0 Å². The molecule has 48 heavy (non-hydrogen) atoms. The van der Waals surface area contributed by atoms with Gasteiger partial charge in [-0.3, -0.25) is 0 Å². The Morgan fingerprint density at radius 1 is 0.417 bits per heavy atom. The second kappa shape index (κ2) is 97.7. The second-order valence-corrected chi connectivity index (χ2v) is 12.1. The summed E-state index contributed by atoms with van der Waals surface area (Å²) < 4.78 is 0. The van der Waals surface area contributed by atoms with Gasteiger partial charge in [-0.05, 0) is 33.6 Å². The summed E-state index contributed by atoms with van der Waals surface area (Å²) in [6.45, 7) is 38.9. The smallest absolute Gasteiger partial charge is 0.850 e. The van der Waals surface area contributed by atoms with Crippen LogP contribution in [0.15, 0.2) is 24.3 Å². The van der Waals surface area contributed by atoms with Crippen molar-refractivity contribution in [3.05, 3.63) is 24.3 Å². The number of hydrogen-bond acceptors (Lipinski definition) is 4. The summed E-state index contributed by atoms with van der Waals surface area (Å²) in [7, 11) is 0. The van der Waals surface area contributed by atoms with Crippen LogP contribution in [0.5, 0.6) is 0 Å². The Morgan fingerprint density at radius 2 is 0.583 bits per heavy atom. The monoisotopic (exact) mass is 741 g/mol. The average Bonchev–Trinajstić information content (AvgIpc) is 2.99. The van der Waals surface area contributed by atoms with Crippen molar-refractivity contribution in [3.8, 4) is 0 Å². The van der Waals surface area contributed by atoms with Crippen molar-refractivity contribution < 1.29 is 123 Å². The van der Waals surface area contributed by atoms with Gasteiger partial charge in [0.1, 0.15) is 12.6 Å². The van der Waals surface area contributed by atoms with Gasteiger partial charge in [0.2, 0.25) is 0 Å². The van der Waals surface area contributed by atoms with Gasteiger partial charge in [0.05, 0.1) is 0 Å². The van der Waals surface area contributed by atoms with Crippen LogP contribution in [0, 0.1) is 0 Å². The summed E-state index contributed by atoms with van der Waals surface area (Å²) >= 11 is 0. The third kappa shape index (κ3) is 540. The molecular weight excluding hydrogens is 647 g/mol. The van der Waals surface area contributed by atoms with E-state index in [4.69, 9.17) is 4.79 Å². The Balaban J connectivity index is -0.0000000300. The molecule has 0 aliphatic heterocycles.